The van der Waals surface area contributed by atoms with Crippen molar-refractivity contribution >= 4 is 7.81 Å². The molecule has 153 valence electrons. The third-order valence-corrected chi connectivity index (χ3v) is 3.46. The summed E-state index contributed by atoms with van der Waals surface area (Å²) in [5.41, 5.74) is 0. The minimum atomic E-state index is -10.7. The van der Waals surface area contributed by atoms with E-state index >= 15 is 0 Å². The Hall–Kier alpha value is 0.529. The van der Waals surface area contributed by atoms with Gasteiger partial charge in [0.1, 0.15) is 0 Å². The molecule has 0 saturated carbocycles. The van der Waals surface area contributed by atoms with Crippen LogP contribution < -0.4 is 0 Å². The van der Waals surface area contributed by atoms with Gasteiger partial charge in [0.25, 0.3) is 0 Å². The largest absolute Gasteiger partial charge is 1.00 e. The summed E-state index contributed by atoms with van der Waals surface area (Å²) in [6.45, 7) is 4.58. The summed E-state index contributed by atoms with van der Waals surface area (Å²) >= 11 is 0. The first kappa shape index (κ1) is 29.3. The van der Waals surface area contributed by atoms with Crippen molar-refractivity contribution in [2.24, 2.45) is 0 Å². The molecule has 0 aliphatic rings. The second-order valence-electron chi connectivity index (χ2n) is 6.20. The molecular formula is C16H35F6MnP. The Labute approximate surface area is 155 Å². The fourth-order valence-corrected chi connectivity index (χ4v) is 2.27. The molecule has 0 amide bonds. The molecule has 0 aromatic heterocycles. The van der Waals surface area contributed by atoms with Crippen LogP contribution in [0.5, 0.6) is 0 Å². The molecule has 0 atom stereocenters. The van der Waals surface area contributed by atoms with Crippen molar-refractivity contribution in [3.63, 3.8) is 0 Å². The quantitative estimate of drug-likeness (QED) is 0.119. The molecular weight excluding hydrogens is 392 g/mol. The minimum absolute atomic E-state index is 0. The summed E-state index contributed by atoms with van der Waals surface area (Å²) in [5, 5.41) is 0. The van der Waals surface area contributed by atoms with Crippen LogP contribution in [-0.2, 0) is 17.1 Å². The van der Waals surface area contributed by atoms with E-state index in [1.807, 2.05) is 0 Å². The van der Waals surface area contributed by atoms with E-state index in [4.69, 9.17) is 0 Å². The number of hydrogen-bond donors (Lipinski definition) is 0. The van der Waals surface area contributed by atoms with Crippen molar-refractivity contribution in [2.45, 2.75) is 104 Å². The first-order chi connectivity index (χ1) is 10.4. The Morgan fingerprint density at radius 3 is 0.708 bits per heavy atom. The first-order valence-corrected chi connectivity index (χ1v) is 11.0. The molecule has 0 fully saturated rings. The molecule has 0 saturated heterocycles. The first-order valence-electron chi connectivity index (χ1n) is 8.93. The van der Waals surface area contributed by atoms with Gasteiger partial charge in [-0.2, -0.15) is 0 Å². The standard InChI is InChI=1S/C16H34.F6P.Mn/c1-3-5-7-9-11-13-15-16-14-12-10-8-6-4-2;1-7(2,3,4,5)6;/h3-16H2,1-2H3;;/q;-1;/p+1. The van der Waals surface area contributed by atoms with Gasteiger partial charge in [-0.3, -0.25) is 0 Å². The van der Waals surface area contributed by atoms with Crippen LogP contribution in [0, 0.1) is 0 Å². The van der Waals surface area contributed by atoms with Crippen LogP contribution in [0.4, 0.5) is 25.2 Å². The van der Waals surface area contributed by atoms with Crippen molar-refractivity contribution < 1.29 is 43.7 Å². The van der Waals surface area contributed by atoms with E-state index in [1.54, 1.807) is 0 Å². The Morgan fingerprint density at radius 2 is 0.583 bits per heavy atom. The maximum atomic E-state index is 9.87. The number of unbranched alkanes of at least 4 members (excludes halogenated alkanes) is 13. The van der Waals surface area contributed by atoms with Gasteiger partial charge in [0.2, 0.25) is 0 Å². The molecule has 0 aliphatic carbocycles. The molecule has 0 bridgehead atoms. The second kappa shape index (κ2) is 13.7. The third kappa shape index (κ3) is 57.1. The maximum Gasteiger partial charge on any atom is 1.00 e. The average Bonchev–Trinajstić information content (AvgIpc) is 2.36. The number of hydrogen-bond acceptors (Lipinski definition) is 0. The van der Waals surface area contributed by atoms with E-state index in [9.17, 15) is 25.2 Å². The minimum Gasteiger partial charge on any atom is 0 e. The van der Waals surface area contributed by atoms with Crippen LogP contribution in [0.3, 0.4) is 0 Å². The van der Waals surface area contributed by atoms with E-state index in [1.165, 1.54) is 89.9 Å². The van der Waals surface area contributed by atoms with Crippen LogP contribution in [0.15, 0.2) is 0 Å². The smallest absolute Gasteiger partial charge is 0 e. The zero-order valence-corrected chi connectivity index (χ0v) is 17.1. The molecule has 0 unspecified atom stereocenters. The molecule has 0 aliphatic heterocycles. The fourth-order valence-electron chi connectivity index (χ4n) is 2.27. The number of rotatable bonds is 13. The van der Waals surface area contributed by atoms with Gasteiger partial charge in [-0.25, -0.2) is 0 Å². The summed E-state index contributed by atoms with van der Waals surface area (Å²) in [7, 11) is -10.7. The Morgan fingerprint density at radius 1 is 0.458 bits per heavy atom. The number of halogens is 6. The van der Waals surface area contributed by atoms with Gasteiger partial charge >= 0.3 is 34.4 Å². The molecule has 0 heterocycles. The van der Waals surface area contributed by atoms with Gasteiger partial charge in [-0.1, -0.05) is 104 Å². The van der Waals surface area contributed by atoms with Gasteiger partial charge in [0.05, 0.1) is 0 Å². The average molecular weight is 427 g/mol. The zero-order valence-electron chi connectivity index (χ0n) is 16.0. The third-order valence-electron chi connectivity index (χ3n) is 3.46. The summed E-state index contributed by atoms with van der Waals surface area (Å²) in [6.07, 6.45) is 20.4. The van der Waals surface area contributed by atoms with Crippen LogP contribution >= 0.6 is 7.81 Å². The summed E-state index contributed by atoms with van der Waals surface area (Å²) in [4.78, 5) is 0. The predicted octanol–water partition coefficient (Wildman–Crippen LogP) is 9.98. The molecule has 0 aromatic rings. The molecule has 0 spiro atoms. The van der Waals surface area contributed by atoms with Gasteiger partial charge in [0.15, 0.2) is 0 Å². The van der Waals surface area contributed by atoms with Gasteiger partial charge < -0.3 is 0 Å². The SMILES string of the molecule is CCCCCCCCCCCCCCCC.F[P-](F)(F)(F)(F)F.[H+].[Mn]. The van der Waals surface area contributed by atoms with Gasteiger partial charge in [-0.15, -0.1) is 0 Å². The maximum absolute atomic E-state index is 10.7. The molecule has 0 nitrogen and oxygen atoms in total. The van der Waals surface area contributed by atoms with Crippen molar-refractivity contribution in [1.82, 2.24) is 0 Å². The monoisotopic (exact) mass is 427 g/mol. The fraction of sp³-hybridized carbons (Fsp3) is 1.00. The molecule has 1 radical (unpaired) electrons. The van der Waals surface area contributed by atoms with Crippen molar-refractivity contribution in [1.29, 1.82) is 0 Å². The van der Waals surface area contributed by atoms with Crippen LogP contribution in [0.2, 0.25) is 0 Å². The van der Waals surface area contributed by atoms with E-state index in [0.717, 1.165) is 0 Å². The summed E-state index contributed by atoms with van der Waals surface area (Å²) in [5.74, 6) is 0. The van der Waals surface area contributed by atoms with Crippen molar-refractivity contribution in [3.8, 4) is 0 Å². The van der Waals surface area contributed by atoms with Crippen LogP contribution in [0.25, 0.3) is 0 Å². The molecule has 0 aromatic carbocycles. The van der Waals surface area contributed by atoms with Crippen molar-refractivity contribution in [2.75, 3.05) is 0 Å². The van der Waals surface area contributed by atoms with E-state index in [2.05, 4.69) is 13.8 Å². The normalized spacial score (nSPS) is 14.0. The molecule has 8 heteroatoms. The Balaban J connectivity index is -0.000000210. The van der Waals surface area contributed by atoms with Gasteiger partial charge in [-0.05, 0) is 0 Å². The predicted molar refractivity (Wildman–Crippen MR) is 90.7 cm³/mol. The van der Waals surface area contributed by atoms with Crippen molar-refractivity contribution in [3.05, 3.63) is 0 Å². The van der Waals surface area contributed by atoms with Crippen LogP contribution in [-0.4, -0.2) is 0 Å². The van der Waals surface area contributed by atoms with E-state index < -0.39 is 7.81 Å². The Bertz CT molecular complexity index is 246. The molecule has 0 N–H and O–H groups in total. The van der Waals surface area contributed by atoms with E-state index in [0.29, 0.717) is 0 Å². The Kier molecular flexibility index (Phi) is 16.7. The molecule has 24 heavy (non-hydrogen) atoms. The zero-order chi connectivity index (χ0) is 18.3. The van der Waals surface area contributed by atoms with Crippen LogP contribution in [0.1, 0.15) is 105 Å². The topological polar surface area (TPSA) is 0 Å². The molecule has 0 rings (SSSR count). The van der Waals surface area contributed by atoms with Gasteiger partial charge in [0, 0.05) is 17.1 Å². The summed E-state index contributed by atoms with van der Waals surface area (Å²) < 4.78 is 59.2. The van der Waals surface area contributed by atoms with E-state index in [-0.39, 0.29) is 18.5 Å². The summed E-state index contributed by atoms with van der Waals surface area (Å²) in [6, 6.07) is 0. The second-order valence-corrected chi connectivity index (χ2v) is 8.12.